The Balaban J connectivity index is 1.92. The zero-order valence-corrected chi connectivity index (χ0v) is 17.3. The van der Waals surface area contributed by atoms with Crippen molar-refractivity contribution >= 4 is 18.0 Å². The van der Waals surface area contributed by atoms with E-state index in [1.165, 1.54) is 0 Å². The van der Waals surface area contributed by atoms with Gasteiger partial charge in [0, 0.05) is 6.04 Å². The van der Waals surface area contributed by atoms with Gasteiger partial charge in [0.1, 0.15) is 19.3 Å². The summed E-state index contributed by atoms with van der Waals surface area (Å²) in [5.74, 6) is -1.05. The Labute approximate surface area is 176 Å². The molecule has 0 spiro atoms. The molecule has 0 saturated carbocycles. The molecule has 2 N–H and O–H groups in total. The maximum atomic E-state index is 12.5. The molecular formula is C23H28N2O5. The van der Waals surface area contributed by atoms with E-state index < -0.39 is 24.0 Å². The second kappa shape index (κ2) is 12.3. The zero-order valence-electron chi connectivity index (χ0n) is 17.3. The number of nitrogens with one attached hydrogen (secondary N) is 2. The smallest absolute Gasteiger partial charge is 0.408 e. The highest BCUT2D eigenvalue weighted by atomic mass is 16.5. The molecule has 2 aromatic rings. The molecule has 30 heavy (non-hydrogen) atoms. The van der Waals surface area contributed by atoms with E-state index in [1.807, 2.05) is 74.5 Å². The second-order valence-corrected chi connectivity index (χ2v) is 6.93. The molecule has 2 amide bonds. The quantitative estimate of drug-likeness (QED) is 0.584. The van der Waals surface area contributed by atoms with Gasteiger partial charge in [0.2, 0.25) is 5.91 Å². The van der Waals surface area contributed by atoms with Crippen LogP contribution in [0.4, 0.5) is 4.79 Å². The monoisotopic (exact) mass is 412 g/mol. The third-order valence-corrected chi connectivity index (χ3v) is 4.44. The van der Waals surface area contributed by atoms with E-state index in [2.05, 4.69) is 10.6 Å². The Hall–Kier alpha value is -3.35. The van der Waals surface area contributed by atoms with Crippen LogP contribution in [0.2, 0.25) is 0 Å². The Morgan fingerprint density at radius 2 is 1.37 bits per heavy atom. The summed E-state index contributed by atoms with van der Waals surface area (Å²) < 4.78 is 10.4. The summed E-state index contributed by atoms with van der Waals surface area (Å²) >= 11 is 0. The summed E-state index contributed by atoms with van der Waals surface area (Å²) in [5, 5.41) is 5.24. The highest BCUT2D eigenvalue weighted by molar-refractivity contribution is 5.89. The highest BCUT2D eigenvalue weighted by Crippen LogP contribution is 2.05. The number of hydrogen-bond donors (Lipinski definition) is 2. The van der Waals surface area contributed by atoms with Crippen molar-refractivity contribution in [1.29, 1.82) is 0 Å². The predicted octanol–water partition coefficient (Wildman–Crippen LogP) is 3.33. The van der Waals surface area contributed by atoms with Gasteiger partial charge in [-0.1, -0.05) is 67.6 Å². The standard InChI is InChI=1S/C23H28N2O5/c1-3-17(2)24-22(27)20(14-21(26)29-15-18-10-6-4-7-11-18)25-23(28)30-16-19-12-8-5-9-13-19/h4-13,17,20H,3,14-16H2,1-2H3,(H,24,27)(H,25,28)/t17-,20+/m0/s1. The van der Waals surface area contributed by atoms with Gasteiger partial charge < -0.3 is 20.1 Å². The fourth-order valence-corrected chi connectivity index (χ4v) is 2.53. The molecule has 2 rings (SSSR count). The number of amides is 2. The number of carbonyl (C=O) groups is 3. The lowest BCUT2D eigenvalue weighted by Crippen LogP contribution is -2.50. The van der Waals surface area contributed by atoms with Crippen LogP contribution in [0.25, 0.3) is 0 Å². The van der Waals surface area contributed by atoms with E-state index in [4.69, 9.17) is 9.47 Å². The molecule has 0 heterocycles. The summed E-state index contributed by atoms with van der Waals surface area (Å²) in [5.41, 5.74) is 1.65. The molecule has 7 heteroatoms. The summed E-state index contributed by atoms with van der Waals surface area (Å²) in [4.78, 5) is 37.0. The maximum Gasteiger partial charge on any atom is 0.408 e. The molecule has 0 unspecified atom stereocenters. The van der Waals surface area contributed by atoms with Gasteiger partial charge in [0.15, 0.2) is 0 Å². The third-order valence-electron chi connectivity index (χ3n) is 4.44. The first kappa shape index (κ1) is 22.9. The Morgan fingerprint density at radius 1 is 0.833 bits per heavy atom. The fraction of sp³-hybridized carbons (Fsp3) is 0.348. The van der Waals surface area contributed by atoms with Crippen LogP contribution in [0.3, 0.4) is 0 Å². The molecular weight excluding hydrogens is 384 g/mol. The fourth-order valence-electron chi connectivity index (χ4n) is 2.53. The molecule has 0 saturated heterocycles. The lowest BCUT2D eigenvalue weighted by atomic mass is 10.1. The molecule has 160 valence electrons. The summed E-state index contributed by atoms with van der Waals surface area (Å²) in [6.45, 7) is 3.93. The Kier molecular flexibility index (Phi) is 9.37. The lowest BCUT2D eigenvalue weighted by molar-refractivity contribution is -0.147. The first-order valence-corrected chi connectivity index (χ1v) is 9.95. The van der Waals surface area contributed by atoms with Crippen molar-refractivity contribution in [1.82, 2.24) is 10.6 Å². The third kappa shape index (κ3) is 8.34. The van der Waals surface area contributed by atoms with Crippen molar-refractivity contribution in [2.45, 2.75) is 52.0 Å². The summed E-state index contributed by atoms with van der Waals surface area (Å²) in [7, 11) is 0. The van der Waals surface area contributed by atoms with E-state index in [1.54, 1.807) is 0 Å². The van der Waals surface area contributed by atoms with E-state index in [9.17, 15) is 14.4 Å². The van der Waals surface area contributed by atoms with Crippen molar-refractivity contribution in [3.63, 3.8) is 0 Å². The summed E-state index contributed by atoms with van der Waals surface area (Å²) in [6.07, 6.45) is -0.357. The number of ether oxygens (including phenoxy) is 2. The van der Waals surface area contributed by atoms with Crippen molar-refractivity contribution in [2.24, 2.45) is 0 Å². The number of rotatable bonds is 10. The largest absolute Gasteiger partial charge is 0.461 e. The van der Waals surface area contributed by atoms with Gasteiger partial charge >= 0.3 is 12.1 Å². The van der Waals surface area contributed by atoms with E-state index >= 15 is 0 Å². The SMILES string of the molecule is CC[C@H](C)NC(=O)[C@@H](CC(=O)OCc1ccccc1)NC(=O)OCc1ccccc1. The number of hydrogen-bond acceptors (Lipinski definition) is 5. The topological polar surface area (TPSA) is 93.7 Å². The van der Waals surface area contributed by atoms with Crippen molar-refractivity contribution in [2.75, 3.05) is 0 Å². The molecule has 2 aromatic carbocycles. The lowest BCUT2D eigenvalue weighted by Gasteiger charge is -2.20. The molecule has 0 bridgehead atoms. The number of carbonyl (C=O) groups excluding carboxylic acids is 3. The van der Waals surface area contributed by atoms with Crippen LogP contribution < -0.4 is 10.6 Å². The van der Waals surface area contributed by atoms with Crippen molar-refractivity contribution in [3.8, 4) is 0 Å². The molecule has 0 fully saturated rings. The highest BCUT2D eigenvalue weighted by Gasteiger charge is 2.26. The minimum atomic E-state index is -1.09. The molecule has 7 nitrogen and oxygen atoms in total. The van der Waals surface area contributed by atoms with Crippen LogP contribution >= 0.6 is 0 Å². The minimum absolute atomic E-state index is 0.0603. The van der Waals surface area contributed by atoms with E-state index in [-0.39, 0.29) is 25.7 Å². The van der Waals surface area contributed by atoms with Crippen LogP contribution in [0.5, 0.6) is 0 Å². The van der Waals surface area contributed by atoms with Gasteiger partial charge in [0.05, 0.1) is 6.42 Å². The first-order chi connectivity index (χ1) is 14.5. The molecule has 0 aliphatic carbocycles. The average Bonchev–Trinajstić information content (AvgIpc) is 2.77. The van der Waals surface area contributed by atoms with Crippen molar-refractivity contribution in [3.05, 3.63) is 71.8 Å². The normalized spacial score (nSPS) is 12.3. The van der Waals surface area contributed by atoms with Gasteiger partial charge in [-0.2, -0.15) is 0 Å². The first-order valence-electron chi connectivity index (χ1n) is 9.95. The molecule has 0 aliphatic heterocycles. The molecule has 0 aliphatic rings. The van der Waals surface area contributed by atoms with Gasteiger partial charge in [-0.25, -0.2) is 4.79 Å². The molecule has 0 radical (unpaired) electrons. The minimum Gasteiger partial charge on any atom is -0.461 e. The number of benzene rings is 2. The van der Waals surface area contributed by atoms with Gasteiger partial charge in [-0.3, -0.25) is 9.59 Å². The Morgan fingerprint density at radius 3 is 1.90 bits per heavy atom. The zero-order chi connectivity index (χ0) is 21.8. The van der Waals surface area contributed by atoms with Crippen LogP contribution in [0.1, 0.15) is 37.8 Å². The van der Waals surface area contributed by atoms with Crippen molar-refractivity contribution < 1.29 is 23.9 Å². The molecule has 0 aromatic heterocycles. The van der Waals surface area contributed by atoms with Crippen LogP contribution in [-0.4, -0.2) is 30.1 Å². The summed E-state index contributed by atoms with van der Waals surface area (Å²) in [6, 6.07) is 17.2. The predicted molar refractivity (Wildman–Crippen MR) is 112 cm³/mol. The average molecular weight is 412 g/mol. The molecule has 2 atom stereocenters. The van der Waals surface area contributed by atoms with E-state index in [0.29, 0.717) is 0 Å². The second-order valence-electron chi connectivity index (χ2n) is 6.93. The number of esters is 1. The van der Waals surface area contributed by atoms with Gasteiger partial charge in [0.25, 0.3) is 0 Å². The number of alkyl carbamates (subject to hydrolysis) is 1. The van der Waals surface area contributed by atoms with Crippen LogP contribution in [0.15, 0.2) is 60.7 Å². The van der Waals surface area contributed by atoms with Gasteiger partial charge in [-0.15, -0.1) is 0 Å². The van der Waals surface area contributed by atoms with Crippen LogP contribution in [-0.2, 0) is 32.3 Å². The van der Waals surface area contributed by atoms with E-state index in [0.717, 1.165) is 17.5 Å². The Bertz CT molecular complexity index is 753. The van der Waals surface area contributed by atoms with Crippen LogP contribution in [0, 0.1) is 0 Å². The maximum absolute atomic E-state index is 12.5. The van der Waals surface area contributed by atoms with Gasteiger partial charge in [-0.05, 0) is 24.5 Å².